The van der Waals surface area contributed by atoms with Crippen LogP contribution in [-0.4, -0.2) is 23.5 Å². The molecule has 0 fully saturated rings. The van der Waals surface area contributed by atoms with Gasteiger partial charge in [-0.1, -0.05) is 15.9 Å². The van der Waals surface area contributed by atoms with Gasteiger partial charge in [-0.15, -0.1) is 0 Å². The first-order valence-corrected chi connectivity index (χ1v) is 5.74. The Morgan fingerprint density at radius 3 is 2.65 bits per heavy atom. The van der Waals surface area contributed by atoms with Gasteiger partial charge in [0.1, 0.15) is 5.82 Å². The minimum atomic E-state index is -0.909. The summed E-state index contributed by atoms with van der Waals surface area (Å²) < 4.78 is 13.5. The number of hydrogen-bond donors (Lipinski definition) is 2. The second-order valence-corrected chi connectivity index (χ2v) is 4.33. The molecule has 1 aromatic rings. The average Bonchev–Trinajstić information content (AvgIpc) is 2.22. The molecule has 0 bridgehead atoms. The van der Waals surface area contributed by atoms with E-state index in [1.807, 2.05) is 0 Å². The first-order valence-electron chi connectivity index (χ1n) is 4.95. The van der Waals surface area contributed by atoms with Crippen molar-refractivity contribution in [1.29, 1.82) is 0 Å². The monoisotopic (exact) mass is 303 g/mol. The molecule has 0 aliphatic carbocycles. The summed E-state index contributed by atoms with van der Waals surface area (Å²) in [4.78, 5) is 21.8. The van der Waals surface area contributed by atoms with Crippen molar-refractivity contribution in [2.24, 2.45) is 0 Å². The summed E-state index contributed by atoms with van der Waals surface area (Å²) in [5.74, 6) is -1.83. The highest BCUT2D eigenvalue weighted by atomic mass is 79.9. The summed E-state index contributed by atoms with van der Waals surface area (Å²) in [6, 6.07) is 3.87. The third-order valence-electron chi connectivity index (χ3n) is 1.98. The van der Waals surface area contributed by atoms with Gasteiger partial charge < -0.3 is 10.4 Å². The maximum atomic E-state index is 13.0. The Morgan fingerprint density at radius 2 is 2.06 bits per heavy atom. The highest BCUT2D eigenvalue weighted by Crippen LogP contribution is 2.14. The van der Waals surface area contributed by atoms with E-state index in [4.69, 9.17) is 5.11 Å². The predicted octanol–water partition coefficient (Wildman–Crippen LogP) is 2.18. The Kier molecular flexibility index (Phi) is 5.09. The maximum Gasteiger partial charge on any atom is 0.303 e. The maximum absolute atomic E-state index is 13.0. The molecule has 1 amide bonds. The van der Waals surface area contributed by atoms with E-state index < -0.39 is 17.7 Å². The molecule has 0 unspecified atom stereocenters. The van der Waals surface area contributed by atoms with Gasteiger partial charge in [0.05, 0.1) is 0 Å². The molecule has 0 spiro atoms. The summed E-state index contributed by atoms with van der Waals surface area (Å²) >= 11 is 3.08. The number of amides is 1. The van der Waals surface area contributed by atoms with Crippen molar-refractivity contribution in [3.63, 3.8) is 0 Å². The molecule has 1 rings (SSSR count). The largest absolute Gasteiger partial charge is 0.481 e. The molecule has 0 saturated heterocycles. The van der Waals surface area contributed by atoms with Gasteiger partial charge in [0.2, 0.25) is 0 Å². The zero-order chi connectivity index (χ0) is 12.8. The van der Waals surface area contributed by atoms with Gasteiger partial charge in [-0.05, 0) is 24.6 Å². The molecule has 0 aromatic heterocycles. The van der Waals surface area contributed by atoms with Gasteiger partial charge in [-0.25, -0.2) is 4.39 Å². The minimum Gasteiger partial charge on any atom is -0.481 e. The Labute approximate surface area is 106 Å². The normalized spacial score (nSPS) is 10.0. The van der Waals surface area contributed by atoms with Crippen LogP contribution >= 0.6 is 15.9 Å². The fourth-order valence-corrected chi connectivity index (χ4v) is 1.69. The molecule has 4 nitrogen and oxygen atoms in total. The Balaban J connectivity index is 2.49. The van der Waals surface area contributed by atoms with Crippen LogP contribution in [0.4, 0.5) is 4.39 Å². The van der Waals surface area contributed by atoms with Gasteiger partial charge in [-0.2, -0.15) is 0 Å². The smallest absolute Gasteiger partial charge is 0.303 e. The number of rotatable bonds is 5. The highest BCUT2D eigenvalue weighted by molar-refractivity contribution is 9.10. The molecule has 1 aromatic carbocycles. The Morgan fingerprint density at radius 1 is 1.35 bits per heavy atom. The van der Waals surface area contributed by atoms with Crippen LogP contribution in [-0.2, 0) is 4.79 Å². The average molecular weight is 304 g/mol. The molecule has 17 heavy (non-hydrogen) atoms. The molecule has 0 heterocycles. The number of halogens is 2. The SMILES string of the molecule is O=C(O)CCCNC(=O)c1cc(F)cc(Br)c1. The Hall–Kier alpha value is -1.43. The van der Waals surface area contributed by atoms with Gasteiger partial charge in [0.25, 0.3) is 5.91 Å². The lowest BCUT2D eigenvalue weighted by Gasteiger charge is -2.04. The zero-order valence-corrected chi connectivity index (χ0v) is 10.5. The number of carboxylic acids is 1. The van der Waals surface area contributed by atoms with Crippen LogP contribution in [0.3, 0.4) is 0 Å². The van der Waals surface area contributed by atoms with Crippen molar-refractivity contribution in [1.82, 2.24) is 5.32 Å². The fourth-order valence-electron chi connectivity index (χ4n) is 1.23. The van der Waals surface area contributed by atoms with Gasteiger partial charge in [0, 0.05) is 23.0 Å². The molecule has 0 radical (unpaired) electrons. The molecule has 0 aliphatic rings. The zero-order valence-electron chi connectivity index (χ0n) is 8.87. The second kappa shape index (κ2) is 6.34. The van der Waals surface area contributed by atoms with E-state index in [-0.39, 0.29) is 18.5 Å². The molecular formula is C11H11BrFNO3. The van der Waals surface area contributed by atoms with E-state index in [1.54, 1.807) is 0 Å². The lowest BCUT2D eigenvalue weighted by Crippen LogP contribution is -2.25. The molecule has 6 heteroatoms. The van der Waals surface area contributed by atoms with E-state index in [9.17, 15) is 14.0 Å². The van der Waals surface area contributed by atoms with Gasteiger partial charge >= 0.3 is 5.97 Å². The van der Waals surface area contributed by atoms with Crippen LogP contribution in [0.25, 0.3) is 0 Å². The third-order valence-corrected chi connectivity index (χ3v) is 2.44. The third kappa shape index (κ3) is 4.95. The second-order valence-electron chi connectivity index (χ2n) is 3.41. The molecule has 92 valence electrons. The standard InChI is InChI=1S/C11H11BrFNO3/c12-8-4-7(5-9(13)6-8)11(17)14-3-1-2-10(15)16/h4-6H,1-3H2,(H,14,17)(H,15,16). The summed E-state index contributed by atoms with van der Waals surface area (Å²) in [5, 5.41) is 10.9. The summed E-state index contributed by atoms with van der Waals surface area (Å²) in [5.41, 5.74) is 0.201. The number of benzene rings is 1. The van der Waals surface area contributed by atoms with Gasteiger partial charge in [0.15, 0.2) is 0 Å². The van der Waals surface area contributed by atoms with E-state index in [2.05, 4.69) is 21.2 Å². The van der Waals surface area contributed by atoms with Crippen molar-refractivity contribution >= 4 is 27.8 Å². The topological polar surface area (TPSA) is 66.4 Å². The van der Waals surface area contributed by atoms with Crippen LogP contribution in [0.15, 0.2) is 22.7 Å². The van der Waals surface area contributed by atoms with Crippen LogP contribution < -0.4 is 5.32 Å². The first kappa shape index (κ1) is 13.6. The van der Waals surface area contributed by atoms with E-state index in [0.717, 1.165) is 6.07 Å². The number of hydrogen-bond acceptors (Lipinski definition) is 2. The first-order chi connectivity index (χ1) is 7.99. The number of nitrogens with one attached hydrogen (secondary N) is 1. The number of carbonyl (C=O) groups excluding carboxylic acids is 1. The van der Waals surface area contributed by atoms with E-state index in [0.29, 0.717) is 10.9 Å². The van der Waals surface area contributed by atoms with Crippen molar-refractivity contribution in [2.75, 3.05) is 6.54 Å². The Bertz CT molecular complexity index is 416. The van der Waals surface area contributed by atoms with Crippen molar-refractivity contribution < 1.29 is 19.1 Å². The molecule has 0 atom stereocenters. The summed E-state index contributed by atoms with van der Waals surface area (Å²) in [6.07, 6.45) is 0.338. The molecule has 0 saturated carbocycles. The van der Waals surface area contributed by atoms with E-state index >= 15 is 0 Å². The number of carboxylic acid groups (broad SMARTS) is 1. The van der Waals surface area contributed by atoms with Crippen molar-refractivity contribution in [2.45, 2.75) is 12.8 Å². The quantitative estimate of drug-likeness (QED) is 0.819. The molecule has 0 aliphatic heterocycles. The van der Waals surface area contributed by atoms with Crippen LogP contribution in [0, 0.1) is 5.82 Å². The van der Waals surface area contributed by atoms with Gasteiger partial charge in [-0.3, -0.25) is 9.59 Å². The summed E-state index contributed by atoms with van der Waals surface area (Å²) in [7, 11) is 0. The van der Waals surface area contributed by atoms with Crippen molar-refractivity contribution in [3.8, 4) is 0 Å². The molecular weight excluding hydrogens is 293 g/mol. The van der Waals surface area contributed by atoms with E-state index in [1.165, 1.54) is 12.1 Å². The lowest BCUT2D eigenvalue weighted by molar-refractivity contribution is -0.137. The number of aliphatic carboxylic acids is 1. The summed E-state index contributed by atoms with van der Waals surface area (Å²) in [6.45, 7) is 0.249. The van der Waals surface area contributed by atoms with Crippen LogP contribution in [0.1, 0.15) is 23.2 Å². The molecule has 2 N–H and O–H groups in total. The van der Waals surface area contributed by atoms with Crippen LogP contribution in [0.2, 0.25) is 0 Å². The predicted molar refractivity (Wildman–Crippen MR) is 63.3 cm³/mol. The highest BCUT2D eigenvalue weighted by Gasteiger charge is 2.07. The minimum absolute atomic E-state index is 0.00682. The fraction of sp³-hybridized carbons (Fsp3) is 0.273. The number of carbonyl (C=O) groups is 2. The van der Waals surface area contributed by atoms with Crippen molar-refractivity contribution in [3.05, 3.63) is 34.1 Å². The lowest BCUT2D eigenvalue weighted by atomic mass is 10.2. The van der Waals surface area contributed by atoms with Crippen LogP contribution in [0.5, 0.6) is 0 Å².